The fourth-order valence-corrected chi connectivity index (χ4v) is 2.20. The molecule has 2 rings (SSSR count). The van der Waals surface area contributed by atoms with Crippen molar-refractivity contribution in [2.45, 2.75) is 24.7 Å². The number of rotatable bonds is 2. The molecule has 0 saturated heterocycles. The summed E-state index contributed by atoms with van der Waals surface area (Å²) in [5, 5.41) is 18.5. The first-order valence-electron chi connectivity index (χ1n) is 5.32. The van der Waals surface area contributed by atoms with E-state index in [0.29, 0.717) is 0 Å². The number of hydrogen-bond donors (Lipinski definition) is 3. The van der Waals surface area contributed by atoms with E-state index in [9.17, 15) is 14.3 Å². The van der Waals surface area contributed by atoms with Gasteiger partial charge in [0.15, 0.2) is 0 Å². The second kappa shape index (κ2) is 4.42. The number of nitrogens with zero attached hydrogens (tertiary/aromatic N) is 2. The van der Waals surface area contributed by atoms with Gasteiger partial charge in [-0.3, -0.25) is 4.57 Å². The highest BCUT2D eigenvalue weighted by Gasteiger charge is 2.43. The average molecular weight is 243 g/mol. The SMILES string of the molecule is Nc1ccn([C@@H]2C[C@H](CO)[C@@H](O)[C@@H]2F)c(=O)n1. The number of halogens is 1. The summed E-state index contributed by atoms with van der Waals surface area (Å²) in [5.74, 6) is -0.488. The molecule has 1 aromatic rings. The molecule has 17 heavy (non-hydrogen) atoms. The molecule has 1 saturated carbocycles. The third-order valence-corrected chi connectivity index (χ3v) is 3.16. The van der Waals surface area contributed by atoms with Gasteiger partial charge in [0.25, 0.3) is 0 Å². The minimum absolute atomic E-state index is 0.0684. The molecule has 0 amide bonds. The van der Waals surface area contributed by atoms with Crippen LogP contribution in [0.3, 0.4) is 0 Å². The zero-order valence-electron chi connectivity index (χ0n) is 9.03. The lowest BCUT2D eigenvalue weighted by Crippen LogP contribution is -2.32. The third kappa shape index (κ3) is 2.03. The highest BCUT2D eigenvalue weighted by atomic mass is 19.1. The highest BCUT2D eigenvalue weighted by molar-refractivity contribution is 5.23. The van der Waals surface area contributed by atoms with Crippen LogP contribution >= 0.6 is 0 Å². The van der Waals surface area contributed by atoms with E-state index < -0.39 is 29.9 Å². The van der Waals surface area contributed by atoms with E-state index in [1.165, 1.54) is 12.3 Å². The van der Waals surface area contributed by atoms with E-state index >= 15 is 0 Å². The summed E-state index contributed by atoms with van der Waals surface area (Å²) < 4.78 is 14.9. The first kappa shape index (κ1) is 12.0. The number of hydrogen-bond acceptors (Lipinski definition) is 5. The van der Waals surface area contributed by atoms with Crippen LogP contribution in [0.4, 0.5) is 10.2 Å². The Morgan fingerprint density at radius 3 is 2.88 bits per heavy atom. The fourth-order valence-electron chi connectivity index (χ4n) is 2.20. The van der Waals surface area contributed by atoms with Crippen LogP contribution in [0.2, 0.25) is 0 Å². The normalized spacial score (nSPS) is 32.9. The Balaban J connectivity index is 2.32. The lowest BCUT2D eigenvalue weighted by molar-refractivity contribution is 0.0395. The largest absolute Gasteiger partial charge is 0.396 e. The summed E-state index contributed by atoms with van der Waals surface area (Å²) in [4.78, 5) is 15.0. The van der Waals surface area contributed by atoms with Gasteiger partial charge in [-0.1, -0.05) is 0 Å². The maximum Gasteiger partial charge on any atom is 0.349 e. The number of aromatic nitrogens is 2. The van der Waals surface area contributed by atoms with Crippen molar-refractivity contribution in [3.05, 3.63) is 22.7 Å². The Labute approximate surface area is 96.5 Å². The summed E-state index contributed by atoms with van der Waals surface area (Å²) in [6.45, 7) is -0.310. The number of nitrogens with two attached hydrogens (primary N) is 1. The van der Waals surface area contributed by atoms with Crippen LogP contribution in [0, 0.1) is 5.92 Å². The van der Waals surface area contributed by atoms with E-state index in [4.69, 9.17) is 10.8 Å². The second-order valence-corrected chi connectivity index (χ2v) is 4.22. The van der Waals surface area contributed by atoms with E-state index in [0.717, 1.165) is 4.57 Å². The van der Waals surface area contributed by atoms with Crippen molar-refractivity contribution in [1.29, 1.82) is 0 Å². The van der Waals surface area contributed by atoms with Crippen LogP contribution in [0.5, 0.6) is 0 Å². The molecule has 1 aromatic heterocycles. The van der Waals surface area contributed by atoms with Gasteiger partial charge in [-0.25, -0.2) is 9.18 Å². The zero-order valence-corrected chi connectivity index (χ0v) is 9.03. The number of aliphatic hydroxyl groups excluding tert-OH is 2. The second-order valence-electron chi connectivity index (χ2n) is 4.22. The molecular weight excluding hydrogens is 229 g/mol. The van der Waals surface area contributed by atoms with Gasteiger partial charge in [-0.05, 0) is 12.5 Å². The monoisotopic (exact) mass is 243 g/mol. The lowest BCUT2D eigenvalue weighted by atomic mass is 10.1. The molecule has 4 N–H and O–H groups in total. The van der Waals surface area contributed by atoms with Crippen LogP contribution in [-0.4, -0.2) is 38.6 Å². The molecule has 4 atom stereocenters. The number of alkyl halides is 1. The third-order valence-electron chi connectivity index (χ3n) is 3.16. The van der Waals surface area contributed by atoms with Crippen LogP contribution in [-0.2, 0) is 0 Å². The molecule has 1 fully saturated rings. The standard InChI is InChI=1S/C10H14FN3O3/c11-8-6(3-5(4-15)9(8)16)14-2-1-7(12)13-10(14)17/h1-2,5-6,8-9,15-16H,3-4H2,(H2,12,13,17)/t5-,6-,8-,9-/m1/s1. The molecule has 6 nitrogen and oxygen atoms in total. The predicted octanol–water partition coefficient (Wildman–Crippen LogP) is -0.922. The minimum Gasteiger partial charge on any atom is -0.396 e. The van der Waals surface area contributed by atoms with E-state index in [-0.39, 0.29) is 18.8 Å². The van der Waals surface area contributed by atoms with Gasteiger partial charge < -0.3 is 15.9 Å². The lowest BCUT2D eigenvalue weighted by Gasteiger charge is -2.16. The van der Waals surface area contributed by atoms with E-state index in [2.05, 4.69) is 4.98 Å². The van der Waals surface area contributed by atoms with Crippen molar-refractivity contribution >= 4 is 5.82 Å². The molecule has 94 valence electrons. The van der Waals surface area contributed by atoms with Gasteiger partial charge in [0.2, 0.25) is 0 Å². The summed E-state index contributed by atoms with van der Waals surface area (Å²) in [6.07, 6.45) is -1.29. The first-order chi connectivity index (χ1) is 8.04. The Morgan fingerprint density at radius 1 is 1.65 bits per heavy atom. The van der Waals surface area contributed by atoms with Gasteiger partial charge in [-0.15, -0.1) is 0 Å². The molecular formula is C10H14FN3O3. The Kier molecular flexibility index (Phi) is 3.12. The molecule has 0 radical (unpaired) electrons. The summed E-state index contributed by atoms with van der Waals surface area (Å²) in [5.41, 5.74) is 4.68. The molecule has 1 aliphatic carbocycles. The van der Waals surface area contributed by atoms with Crippen molar-refractivity contribution in [3.8, 4) is 0 Å². The molecule has 1 heterocycles. The zero-order chi connectivity index (χ0) is 12.6. The maximum absolute atomic E-state index is 13.8. The topological polar surface area (TPSA) is 101 Å². The molecule has 0 aliphatic heterocycles. The molecule has 0 aromatic carbocycles. The molecule has 0 unspecified atom stereocenters. The van der Waals surface area contributed by atoms with Crippen molar-refractivity contribution < 1.29 is 14.6 Å². The van der Waals surface area contributed by atoms with Crippen LogP contribution in [0.15, 0.2) is 17.1 Å². The van der Waals surface area contributed by atoms with Crippen LogP contribution in [0.1, 0.15) is 12.5 Å². The molecule has 7 heteroatoms. The van der Waals surface area contributed by atoms with Crippen LogP contribution < -0.4 is 11.4 Å². The van der Waals surface area contributed by atoms with E-state index in [1.807, 2.05) is 0 Å². The van der Waals surface area contributed by atoms with Gasteiger partial charge in [-0.2, -0.15) is 4.98 Å². The maximum atomic E-state index is 13.8. The Bertz CT molecular complexity index is 464. The van der Waals surface area contributed by atoms with Crippen molar-refractivity contribution in [2.75, 3.05) is 12.3 Å². The van der Waals surface area contributed by atoms with Crippen molar-refractivity contribution in [2.24, 2.45) is 5.92 Å². The molecule has 0 spiro atoms. The molecule has 0 bridgehead atoms. The number of aliphatic hydroxyl groups is 2. The molecule has 1 aliphatic rings. The van der Waals surface area contributed by atoms with Gasteiger partial charge in [0.1, 0.15) is 12.0 Å². The summed E-state index contributed by atoms with van der Waals surface area (Å²) in [6, 6.07) is 0.593. The Hall–Kier alpha value is -1.47. The average Bonchev–Trinajstić information content (AvgIpc) is 2.57. The van der Waals surface area contributed by atoms with Gasteiger partial charge in [0.05, 0.1) is 12.1 Å². The van der Waals surface area contributed by atoms with Crippen molar-refractivity contribution in [1.82, 2.24) is 9.55 Å². The van der Waals surface area contributed by atoms with Gasteiger partial charge >= 0.3 is 5.69 Å². The summed E-state index contributed by atoms with van der Waals surface area (Å²) in [7, 11) is 0. The fraction of sp³-hybridized carbons (Fsp3) is 0.600. The van der Waals surface area contributed by atoms with Gasteiger partial charge in [0, 0.05) is 18.7 Å². The quantitative estimate of drug-likeness (QED) is 0.623. The first-order valence-corrected chi connectivity index (χ1v) is 5.32. The van der Waals surface area contributed by atoms with Crippen molar-refractivity contribution in [3.63, 3.8) is 0 Å². The smallest absolute Gasteiger partial charge is 0.349 e. The predicted molar refractivity (Wildman–Crippen MR) is 58.0 cm³/mol. The van der Waals surface area contributed by atoms with E-state index in [1.54, 1.807) is 0 Å². The number of anilines is 1. The minimum atomic E-state index is -1.59. The highest BCUT2D eigenvalue weighted by Crippen LogP contribution is 2.36. The number of nitrogen functional groups attached to an aromatic ring is 1. The Morgan fingerprint density at radius 2 is 2.35 bits per heavy atom. The van der Waals surface area contributed by atoms with Crippen LogP contribution in [0.25, 0.3) is 0 Å². The summed E-state index contributed by atoms with van der Waals surface area (Å²) >= 11 is 0.